The van der Waals surface area contributed by atoms with Crippen molar-refractivity contribution in [2.24, 2.45) is 0 Å². The zero-order chi connectivity index (χ0) is 38.2. The van der Waals surface area contributed by atoms with Crippen molar-refractivity contribution in [3.8, 4) is 27.9 Å². The van der Waals surface area contributed by atoms with Crippen LogP contribution in [0.2, 0.25) is 0 Å². The largest absolute Gasteiger partial charge is 0.456 e. The minimum atomic E-state index is 0.868. The van der Waals surface area contributed by atoms with Gasteiger partial charge in [0.25, 0.3) is 0 Å². The SMILES string of the molecule is c1ccc(-c2cccc3c2c2c(-c4ccccc4)c4c(cc2n3-c2ccc(N(c3ccccc3)c3ccc5oc6ccccc6c5c3)cc2)oc2ccccc24)cc1. The molecule has 58 heavy (non-hydrogen) atoms. The van der Waals surface area contributed by atoms with Crippen molar-refractivity contribution in [3.63, 3.8) is 0 Å². The molecule has 0 amide bonds. The smallest absolute Gasteiger partial charge is 0.138 e. The van der Waals surface area contributed by atoms with Crippen LogP contribution in [0, 0.1) is 0 Å². The maximum Gasteiger partial charge on any atom is 0.138 e. The van der Waals surface area contributed by atoms with Crippen LogP contribution >= 0.6 is 0 Å². The fourth-order valence-corrected chi connectivity index (χ4v) is 9.08. The van der Waals surface area contributed by atoms with Crippen LogP contribution < -0.4 is 4.90 Å². The molecule has 0 spiro atoms. The van der Waals surface area contributed by atoms with Gasteiger partial charge in [-0.2, -0.15) is 0 Å². The Morgan fingerprint density at radius 2 is 0.931 bits per heavy atom. The molecule has 0 fully saturated rings. The number of nitrogens with zero attached hydrogens (tertiary/aromatic N) is 2. The number of furan rings is 2. The first kappa shape index (κ1) is 32.4. The Hall–Kier alpha value is -7.82. The lowest BCUT2D eigenvalue weighted by Gasteiger charge is -2.26. The molecule has 3 heterocycles. The van der Waals surface area contributed by atoms with E-state index in [1.54, 1.807) is 0 Å². The molecule has 0 aliphatic carbocycles. The van der Waals surface area contributed by atoms with Crippen molar-refractivity contribution in [1.82, 2.24) is 4.57 Å². The van der Waals surface area contributed by atoms with Gasteiger partial charge in [-0.25, -0.2) is 0 Å². The third-order valence-electron chi connectivity index (χ3n) is 11.6. The zero-order valence-electron chi connectivity index (χ0n) is 31.3. The van der Waals surface area contributed by atoms with Gasteiger partial charge >= 0.3 is 0 Å². The van der Waals surface area contributed by atoms with Crippen LogP contribution in [0.1, 0.15) is 0 Å². The highest BCUT2D eigenvalue weighted by Gasteiger charge is 2.25. The third kappa shape index (κ3) is 4.95. The van der Waals surface area contributed by atoms with Crippen LogP contribution in [0.15, 0.2) is 215 Å². The molecule has 0 N–H and O–H groups in total. The van der Waals surface area contributed by atoms with Gasteiger partial charge in [-0.15, -0.1) is 0 Å². The molecule has 3 aromatic heterocycles. The van der Waals surface area contributed by atoms with E-state index >= 15 is 0 Å². The highest BCUT2D eigenvalue weighted by Crippen LogP contribution is 2.49. The van der Waals surface area contributed by atoms with Gasteiger partial charge in [0.05, 0.1) is 11.0 Å². The number of hydrogen-bond donors (Lipinski definition) is 0. The average molecular weight is 743 g/mol. The molecule has 0 saturated heterocycles. The molecule has 0 radical (unpaired) electrons. The highest BCUT2D eigenvalue weighted by atomic mass is 16.3. The number of para-hydroxylation sites is 3. The molecular weight excluding hydrogens is 709 g/mol. The van der Waals surface area contributed by atoms with E-state index in [2.05, 4.69) is 198 Å². The van der Waals surface area contributed by atoms with E-state index in [1.807, 2.05) is 18.2 Å². The summed E-state index contributed by atoms with van der Waals surface area (Å²) in [5.74, 6) is 0. The molecule has 0 aliphatic heterocycles. The van der Waals surface area contributed by atoms with Crippen molar-refractivity contribution in [2.75, 3.05) is 4.90 Å². The molecule has 0 aliphatic rings. The summed E-state index contributed by atoms with van der Waals surface area (Å²) in [5, 5.41) is 6.87. The molecule has 0 unspecified atom stereocenters. The average Bonchev–Trinajstić information content (AvgIpc) is 3.96. The molecule has 0 atom stereocenters. The van der Waals surface area contributed by atoms with E-state index < -0.39 is 0 Å². The lowest BCUT2D eigenvalue weighted by Crippen LogP contribution is -2.09. The molecule has 0 saturated carbocycles. The van der Waals surface area contributed by atoms with Gasteiger partial charge in [0.1, 0.15) is 22.3 Å². The molecule has 272 valence electrons. The molecule has 4 nitrogen and oxygen atoms in total. The Morgan fingerprint density at radius 3 is 1.69 bits per heavy atom. The summed E-state index contributed by atoms with van der Waals surface area (Å²) >= 11 is 0. The molecule has 4 heteroatoms. The Balaban J connectivity index is 1.12. The number of fused-ring (bicyclic) bond motifs is 9. The highest BCUT2D eigenvalue weighted by molar-refractivity contribution is 6.29. The van der Waals surface area contributed by atoms with E-state index in [1.165, 1.54) is 27.5 Å². The Kier molecular flexibility index (Phi) is 7.20. The number of hydrogen-bond acceptors (Lipinski definition) is 3. The molecule has 12 rings (SSSR count). The van der Waals surface area contributed by atoms with Gasteiger partial charge in [0.15, 0.2) is 0 Å². The second-order valence-corrected chi connectivity index (χ2v) is 14.9. The van der Waals surface area contributed by atoms with Crippen molar-refractivity contribution < 1.29 is 8.83 Å². The van der Waals surface area contributed by atoms with E-state index in [0.29, 0.717) is 0 Å². The Labute approximate surface area is 334 Å². The normalized spacial score (nSPS) is 11.8. The van der Waals surface area contributed by atoms with Crippen molar-refractivity contribution in [2.45, 2.75) is 0 Å². The molecular formula is C54H34N2O2. The predicted molar refractivity (Wildman–Crippen MR) is 241 cm³/mol. The monoisotopic (exact) mass is 742 g/mol. The molecule has 12 aromatic rings. The predicted octanol–water partition coefficient (Wildman–Crippen LogP) is 15.4. The molecule has 9 aromatic carbocycles. The number of aromatic nitrogens is 1. The topological polar surface area (TPSA) is 34.5 Å². The number of benzene rings is 9. The van der Waals surface area contributed by atoms with Gasteiger partial charge in [0, 0.05) is 66.7 Å². The Bertz CT molecular complexity index is 3490. The standard InChI is InChI=1S/C54H34N2O2/c1-4-15-35(16-5-1)41-23-14-24-45-52(41)54-46(34-50-53(43-22-11-13-26-48(43)58-50)51(54)36-17-6-2-7-18-36)56(45)39-29-27-38(28-30-39)55(37-19-8-3-9-20-37)40-31-32-49-44(33-40)42-21-10-12-25-47(42)57-49/h1-34H. The van der Waals surface area contributed by atoms with Crippen LogP contribution in [0.5, 0.6) is 0 Å². The summed E-state index contributed by atoms with van der Waals surface area (Å²) in [4.78, 5) is 2.32. The van der Waals surface area contributed by atoms with E-state index in [0.717, 1.165) is 83.2 Å². The van der Waals surface area contributed by atoms with Crippen LogP contribution in [-0.4, -0.2) is 4.57 Å². The summed E-state index contributed by atoms with van der Waals surface area (Å²) in [6.07, 6.45) is 0. The van der Waals surface area contributed by atoms with Crippen molar-refractivity contribution >= 4 is 82.7 Å². The summed E-state index contributed by atoms with van der Waals surface area (Å²) in [6.45, 7) is 0. The van der Waals surface area contributed by atoms with Crippen molar-refractivity contribution in [3.05, 3.63) is 206 Å². The van der Waals surface area contributed by atoms with Gasteiger partial charge in [-0.3, -0.25) is 0 Å². The fourth-order valence-electron chi connectivity index (χ4n) is 9.08. The second kappa shape index (κ2) is 12.9. The second-order valence-electron chi connectivity index (χ2n) is 14.9. The van der Waals surface area contributed by atoms with E-state index in [4.69, 9.17) is 8.83 Å². The summed E-state index contributed by atoms with van der Waals surface area (Å²) in [5.41, 5.74) is 14.7. The molecule has 0 bridgehead atoms. The van der Waals surface area contributed by atoms with Crippen LogP contribution in [0.3, 0.4) is 0 Å². The van der Waals surface area contributed by atoms with Gasteiger partial charge in [0.2, 0.25) is 0 Å². The van der Waals surface area contributed by atoms with Gasteiger partial charge in [-0.05, 0) is 89.5 Å². The summed E-state index contributed by atoms with van der Waals surface area (Å²) < 4.78 is 15.3. The quantitative estimate of drug-likeness (QED) is 0.170. The van der Waals surface area contributed by atoms with Gasteiger partial charge in [-0.1, -0.05) is 127 Å². The third-order valence-corrected chi connectivity index (χ3v) is 11.6. The first-order valence-electron chi connectivity index (χ1n) is 19.7. The van der Waals surface area contributed by atoms with E-state index in [9.17, 15) is 0 Å². The number of anilines is 3. The first-order chi connectivity index (χ1) is 28.8. The lowest BCUT2D eigenvalue weighted by molar-refractivity contribution is 0.668. The maximum absolute atomic E-state index is 6.70. The van der Waals surface area contributed by atoms with Crippen LogP contribution in [0.25, 0.3) is 93.6 Å². The van der Waals surface area contributed by atoms with E-state index in [-0.39, 0.29) is 0 Å². The fraction of sp³-hybridized carbons (Fsp3) is 0. The first-order valence-corrected chi connectivity index (χ1v) is 19.7. The zero-order valence-corrected chi connectivity index (χ0v) is 31.3. The van der Waals surface area contributed by atoms with Crippen molar-refractivity contribution in [1.29, 1.82) is 0 Å². The maximum atomic E-state index is 6.70. The van der Waals surface area contributed by atoms with Crippen LogP contribution in [-0.2, 0) is 0 Å². The summed E-state index contributed by atoms with van der Waals surface area (Å²) in [7, 11) is 0. The minimum Gasteiger partial charge on any atom is -0.456 e. The number of rotatable bonds is 6. The lowest BCUT2D eigenvalue weighted by atomic mass is 9.92. The minimum absolute atomic E-state index is 0.868. The van der Waals surface area contributed by atoms with Gasteiger partial charge < -0.3 is 18.3 Å². The summed E-state index contributed by atoms with van der Waals surface area (Å²) in [6, 6.07) is 73.1. The van der Waals surface area contributed by atoms with Crippen LogP contribution in [0.4, 0.5) is 17.1 Å². The Morgan fingerprint density at radius 1 is 0.345 bits per heavy atom.